The molecular formula is C24H31N3O4S. The molecule has 172 valence electrons. The predicted octanol–water partition coefficient (Wildman–Crippen LogP) is 2.91. The minimum Gasteiger partial charge on any atom is -0.351 e. The number of amides is 2. The Balaban J connectivity index is 1.74. The first kappa shape index (κ1) is 23.9. The first-order valence-electron chi connectivity index (χ1n) is 10.8. The number of carbonyl (C=O) groups excluding carboxylic acids is 2. The van der Waals surface area contributed by atoms with E-state index in [0.717, 1.165) is 22.4 Å². The molecule has 8 heteroatoms. The Morgan fingerprint density at radius 1 is 1.09 bits per heavy atom. The van der Waals surface area contributed by atoms with Crippen molar-refractivity contribution in [3.8, 4) is 0 Å². The number of fused-ring (bicyclic) bond motifs is 1. The van der Waals surface area contributed by atoms with Crippen LogP contribution in [0, 0.1) is 12.8 Å². The fourth-order valence-electron chi connectivity index (χ4n) is 3.83. The highest BCUT2D eigenvalue weighted by atomic mass is 32.2. The van der Waals surface area contributed by atoms with Gasteiger partial charge in [0, 0.05) is 25.7 Å². The molecule has 0 radical (unpaired) electrons. The molecule has 2 aromatic carbocycles. The third-order valence-corrected chi connectivity index (χ3v) is 7.01. The molecule has 2 aromatic rings. The maximum absolute atomic E-state index is 13.1. The lowest BCUT2D eigenvalue weighted by Crippen LogP contribution is -2.47. The Morgan fingerprint density at radius 3 is 2.41 bits per heavy atom. The SMILES string of the molecule is CC(=O)N1CCc2cc(S(=O)(=O)N[C@H](CC(C)C)C(=O)NCc3ccc(C)cc3)ccc21. The number of hydrogen-bond acceptors (Lipinski definition) is 4. The van der Waals surface area contributed by atoms with E-state index in [2.05, 4.69) is 10.0 Å². The number of rotatable bonds is 8. The Kier molecular flexibility index (Phi) is 7.36. The zero-order valence-corrected chi connectivity index (χ0v) is 19.8. The molecular weight excluding hydrogens is 426 g/mol. The lowest BCUT2D eigenvalue weighted by atomic mass is 10.0. The third-order valence-electron chi connectivity index (χ3n) is 5.55. The molecule has 0 fully saturated rings. The van der Waals surface area contributed by atoms with Crippen LogP contribution in [0.25, 0.3) is 0 Å². The summed E-state index contributed by atoms with van der Waals surface area (Å²) in [7, 11) is -3.91. The summed E-state index contributed by atoms with van der Waals surface area (Å²) < 4.78 is 28.8. The molecule has 1 aliphatic rings. The molecule has 1 aliphatic heterocycles. The van der Waals surface area contributed by atoms with Crippen LogP contribution >= 0.6 is 0 Å². The van der Waals surface area contributed by atoms with Crippen LogP contribution in [0.5, 0.6) is 0 Å². The summed E-state index contributed by atoms with van der Waals surface area (Å²) in [4.78, 5) is 26.3. The van der Waals surface area contributed by atoms with Crippen molar-refractivity contribution < 1.29 is 18.0 Å². The fraction of sp³-hybridized carbons (Fsp3) is 0.417. The van der Waals surface area contributed by atoms with Crippen molar-refractivity contribution in [1.29, 1.82) is 0 Å². The van der Waals surface area contributed by atoms with Crippen molar-refractivity contribution in [1.82, 2.24) is 10.0 Å². The van der Waals surface area contributed by atoms with Gasteiger partial charge in [0.05, 0.1) is 4.90 Å². The number of hydrogen-bond donors (Lipinski definition) is 2. The average Bonchev–Trinajstić information content (AvgIpc) is 3.16. The van der Waals surface area contributed by atoms with E-state index in [9.17, 15) is 18.0 Å². The van der Waals surface area contributed by atoms with Crippen LogP contribution in [-0.2, 0) is 32.6 Å². The van der Waals surface area contributed by atoms with Gasteiger partial charge in [0.25, 0.3) is 0 Å². The first-order chi connectivity index (χ1) is 15.1. The summed E-state index contributed by atoms with van der Waals surface area (Å²) in [5.74, 6) is -0.302. The molecule has 1 heterocycles. The van der Waals surface area contributed by atoms with E-state index in [1.54, 1.807) is 17.0 Å². The normalized spacial score (nSPS) is 14.3. The molecule has 32 heavy (non-hydrogen) atoms. The number of nitrogens with zero attached hydrogens (tertiary/aromatic N) is 1. The Labute approximate surface area is 190 Å². The highest BCUT2D eigenvalue weighted by Crippen LogP contribution is 2.30. The molecule has 0 bridgehead atoms. The average molecular weight is 458 g/mol. The molecule has 0 spiro atoms. The highest BCUT2D eigenvalue weighted by Gasteiger charge is 2.29. The minimum absolute atomic E-state index is 0.0697. The second-order valence-corrected chi connectivity index (χ2v) is 10.4. The van der Waals surface area contributed by atoms with Gasteiger partial charge in [-0.1, -0.05) is 43.7 Å². The molecule has 0 aliphatic carbocycles. The second kappa shape index (κ2) is 9.83. The summed E-state index contributed by atoms with van der Waals surface area (Å²) in [6.45, 7) is 8.24. The smallest absolute Gasteiger partial charge is 0.241 e. The fourth-order valence-corrected chi connectivity index (χ4v) is 5.08. The van der Waals surface area contributed by atoms with Gasteiger partial charge in [-0.25, -0.2) is 8.42 Å². The van der Waals surface area contributed by atoms with Crippen molar-refractivity contribution in [3.05, 3.63) is 59.2 Å². The Hall–Kier alpha value is -2.71. The van der Waals surface area contributed by atoms with Gasteiger partial charge in [-0.2, -0.15) is 4.72 Å². The summed E-state index contributed by atoms with van der Waals surface area (Å²) in [5.41, 5.74) is 3.63. The van der Waals surface area contributed by atoms with E-state index in [1.807, 2.05) is 45.0 Å². The zero-order valence-electron chi connectivity index (χ0n) is 19.0. The van der Waals surface area contributed by atoms with Gasteiger partial charge in [0.15, 0.2) is 0 Å². The van der Waals surface area contributed by atoms with Crippen molar-refractivity contribution in [2.24, 2.45) is 5.92 Å². The van der Waals surface area contributed by atoms with Gasteiger partial charge in [-0.05, 0) is 55.0 Å². The topological polar surface area (TPSA) is 95.6 Å². The molecule has 2 amide bonds. The standard InChI is InChI=1S/C24H31N3O4S/c1-16(2)13-22(24(29)25-15-19-7-5-17(3)6-8-19)26-32(30,31)21-9-10-23-20(14-21)11-12-27(23)18(4)28/h5-10,14,16,22,26H,11-13,15H2,1-4H3,(H,25,29)/t22-/m1/s1. The molecule has 2 N–H and O–H groups in total. The number of sulfonamides is 1. The number of anilines is 1. The van der Waals surface area contributed by atoms with Crippen molar-refractivity contribution in [2.45, 2.75) is 58.0 Å². The molecule has 0 aromatic heterocycles. The summed E-state index contributed by atoms with van der Waals surface area (Å²) in [5, 5.41) is 2.85. The van der Waals surface area contributed by atoms with Gasteiger partial charge in [0.2, 0.25) is 21.8 Å². The lowest BCUT2D eigenvalue weighted by molar-refractivity contribution is -0.123. The van der Waals surface area contributed by atoms with Gasteiger partial charge in [-0.15, -0.1) is 0 Å². The number of aryl methyl sites for hydroxylation is 1. The van der Waals surface area contributed by atoms with Crippen LogP contribution in [0.3, 0.4) is 0 Å². The number of carbonyl (C=O) groups is 2. The van der Waals surface area contributed by atoms with E-state index in [-0.39, 0.29) is 22.6 Å². The monoisotopic (exact) mass is 457 g/mol. The highest BCUT2D eigenvalue weighted by molar-refractivity contribution is 7.89. The van der Waals surface area contributed by atoms with Gasteiger partial charge in [0.1, 0.15) is 6.04 Å². The zero-order chi connectivity index (χ0) is 23.5. The van der Waals surface area contributed by atoms with Crippen LogP contribution in [-0.4, -0.2) is 32.8 Å². The summed E-state index contributed by atoms with van der Waals surface area (Å²) in [6.07, 6.45) is 0.979. The van der Waals surface area contributed by atoms with Gasteiger partial charge >= 0.3 is 0 Å². The molecule has 0 unspecified atom stereocenters. The Bertz CT molecular complexity index is 1090. The molecule has 7 nitrogen and oxygen atoms in total. The third kappa shape index (κ3) is 5.75. The van der Waals surface area contributed by atoms with Crippen LogP contribution in [0.2, 0.25) is 0 Å². The van der Waals surface area contributed by atoms with Crippen LogP contribution in [0.15, 0.2) is 47.4 Å². The van der Waals surface area contributed by atoms with Crippen LogP contribution in [0.4, 0.5) is 5.69 Å². The van der Waals surface area contributed by atoms with Gasteiger partial charge < -0.3 is 10.2 Å². The van der Waals surface area contributed by atoms with E-state index >= 15 is 0 Å². The first-order valence-corrected chi connectivity index (χ1v) is 12.3. The molecule has 1 atom stereocenters. The van der Waals surface area contributed by atoms with Gasteiger partial charge in [-0.3, -0.25) is 9.59 Å². The minimum atomic E-state index is -3.91. The molecule has 0 saturated carbocycles. The van der Waals surface area contributed by atoms with Crippen LogP contribution < -0.4 is 14.9 Å². The summed E-state index contributed by atoms with van der Waals surface area (Å²) >= 11 is 0. The molecule has 3 rings (SSSR count). The largest absolute Gasteiger partial charge is 0.351 e. The maximum Gasteiger partial charge on any atom is 0.241 e. The van der Waals surface area contributed by atoms with Crippen molar-refractivity contribution in [3.63, 3.8) is 0 Å². The second-order valence-electron chi connectivity index (χ2n) is 8.72. The Morgan fingerprint density at radius 2 is 1.78 bits per heavy atom. The maximum atomic E-state index is 13.1. The van der Waals surface area contributed by atoms with E-state index in [0.29, 0.717) is 25.9 Å². The quantitative estimate of drug-likeness (QED) is 0.637. The van der Waals surface area contributed by atoms with Crippen LogP contribution in [0.1, 0.15) is 43.9 Å². The van der Waals surface area contributed by atoms with Crippen molar-refractivity contribution in [2.75, 3.05) is 11.4 Å². The number of nitrogens with one attached hydrogen (secondary N) is 2. The predicted molar refractivity (Wildman–Crippen MR) is 125 cm³/mol. The van der Waals surface area contributed by atoms with E-state index < -0.39 is 16.1 Å². The van der Waals surface area contributed by atoms with E-state index in [4.69, 9.17) is 0 Å². The molecule has 0 saturated heterocycles. The lowest BCUT2D eigenvalue weighted by Gasteiger charge is -2.21. The summed E-state index contributed by atoms with van der Waals surface area (Å²) in [6, 6.07) is 11.7. The van der Waals surface area contributed by atoms with Crippen molar-refractivity contribution >= 4 is 27.5 Å². The number of benzene rings is 2. The van der Waals surface area contributed by atoms with E-state index in [1.165, 1.54) is 13.0 Å².